The fourth-order valence-corrected chi connectivity index (χ4v) is 2.46. The molecule has 0 radical (unpaired) electrons. The van der Waals surface area contributed by atoms with E-state index in [4.69, 9.17) is 4.74 Å². The minimum atomic E-state index is -4.77. The van der Waals surface area contributed by atoms with Gasteiger partial charge in [-0.3, -0.25) is 4.79 Å². The highest BCUT2D eigenvalue weighted by Gasteiger charge is 2.31. The van der Waals surface area contributed by atoms with Gasteiger partial charge in [-0.15, -0.1) is 13.2 Å². The summed E-state index contributed by atoms with van der Waals surface area (Å²) < 4.78 is 45.7. The quantitative estimate of drug-likeness (QED) is 0.691. The summed E-state index contributed by atoms with van der Waals surface area (Å²) in [6.07, 6.45) is -0.206. The zero-order valence-corrected chi connectivity index (χ0v) is 14.5. The molecule has 2 aromatic carbocycles. The number of carbonyl (C=O) groups is 1. The summed E-state index contributed by atoms with van der Waals surface area (Å²) >= 11 is 0. The van der Waals surface area contributed by atoms with Gasteiger partial charge in [0.1, 0.15) is 17.8 Å². The van der Waals surface area contributed by atoms with Crippen molar-refractivity contribution in [2.75, 3.05) is 12.4 Å². The first-order chi connectivity index (χ1) is 13.4. The first-order valence-corrected chi connectivity index (χ1v) is 7.96. The minimum absolute atomic E-state index is 0. The Hall–Kier alpha value is -3.62. The van der Waals surface area contributed by atoms with Crippen molar-refractivity contribution < 1.29 is 28.9 Å². The fourth-order valence-electron chi connectivity index (χ4n) is 2.46. The van der Waals surface area contributed by atoms with Gasteiger partial charge in [0, 0.05) is 36.2 Å². The van der Waals surface area contributed by atoms with E-state index in [2.05, 4.69) is 20.0 Å². The largest absolute Gasteiger partial charge is 0.573 e. The number of aromatic nitrogens is 2. The molecule has 1 N–H and O–H groups in total. The highest BCUT2D eigenvalue weighted by atomic mass is 19.4. The van der Waals surface area contributed by atoms with Crippen molar-refractivity contribution in [2.24, 2.45) is 0 Å². The van der Waals surface area contributed by atoms with Gasteiger partial charge in [0.25, 0.3) is 5.91 Å². The molecule has 0 saturated heterocycles. The van der Waals surface area contributed by atoms with Crippen molar-refractivity contribution in [1.29, 1.82) is 0 Å². The summed E-state index contributed by atoms with van der Waals surface area (Å²) in [5, 5.41) is 2.62. The second kappa shape index (κ2) is 7.95. The molecule has 0 aliphatic carbocycles. The number of methoxy groups -OCH3 is 1. The van der Waals surface area contributed by atoms with Gasteiger partial charge in [-0.25, -0.2) is 9.97 Å². The number of carbonyl (C=O) groups excluding carboxylic acids is 1. The summed E-state index contributed by atoms with van der Waals surface area (Å²) in [7, 11) is 1.51. The van der Waals surface area contributed by atoms with Crippen LogP contribution in [0.4, 0.5) is 18.9 Å². The minimum Gasteiger partial charge on any atom is -0.496 e. The molecule has 146 valence electrons. The van der Waals surface area contributed by atoms with E-state index in [1.807, 2.05) is 0 Å². The Kier molecular flexibility index (Phi) is 5.44. The van der Waals surface area contributed by atoms with Crippen molar-refractivity contribution in [3.63, 3.8) is 0 Å². The number of hydrogen-bond donors (Lipinski definition) is 1. The van der Waals surface area contributed by atoms with E-state index in [0.29, 0.717) is 28.1 Å². The van der Waals surface area contributed by atoms with Crippen LogP contribution in [0.5, 0.6) is 11.5 Å². The van der Waals surface area contributed by atoms with Crippen LogP contribution >= 0.6 is 0 Å². The molecule has 1 amide bonds. The van der Waals surface area contributed by atoms with Gasteiger partial charge in [-0.05, 0) is 42.5 Å². The second-order valence-corrected chi connectivity index (χ2v) is 5.57. The molecular weight excluding hydrogens is 375 g/mol. The van der Waals surface area contributed by atoms with E-state index in [1.165, 1.54) is 25.6 Å². The Labute approximate surface area is 159 Å². The van der Waals surface area contributed by atoms with Crippen LogP contribution in [0.25, 0.3) is 11.1 Å². The molecule has 0 unspecified atom stereocenters. The number of hydrogen-bond acceptors (Lipinski definition) is 5. The van der Waals surface area contributed by atoms with Gasteiger partial charge in [0.15, 0.2) is 0 Å². The van der Waals surface area contributed by atoms with Crippen molar-refractivity contribution in [3.05, 3.63) is 66.7 Å². The Bertz CT molecular complexity index is 968. The van der Waals surface area contributed by atoms with Crippen molar-refractivity contribution >= 4 is 11.6 Å². The van der Waals surface area contributed by atoms with Gasteiger partial charge < -0.3 is 14.8 Å². The van der Waals surface area contributed by atoms with Gasteiger partial charge in [0.05, 0.1) is 7.11 Å². The van der Waals surface area contributed by atoms with Crippen LogP contribution < -0.4 is 14.8 Å². The van der Waals surface area contributed by atoms with E-state index < -0.39 is 12.3 Å². The van der Waals surface area contributed by atoms with E-state index in [9.17, 15) is 18.0 Å². The number of ether oxygens (including phenoxy) is 2. The highest BCUT2D eigenvalue weighted by Crippen LogP contribution is 2.30. The molecule has 0 aliphatic heterocycles. The topological polar surface area (TPSA) is 73.3 Å². The van der Waals surface area contributed by atoms with E-state index in [1.54, 1.807) is 30.6 Å². The molecule has 1 aromatic heterocycles. The average Bonchev–Trinajstić information content (AvgIpc) is 2.68. The summed E-state index contributed by atoms with van der Waals surface area (Å²) in [4.78, 5) is 20.4. The third-order valence-electron chi connectivity index (χ3n) is 3.68. The maximum atomic E-state index is 12.5. The number of nitrogens with one attached hydrogen (secondary N) is 1. The van der Waals surface area contributed by atoms with Gasteiger partial charge in [0.2, 0.25) is 0 Å². The molecule has 0 fully saturated rings. The van der Waals surface area contributed by atoms with Crippen LogP contribution in [0.15, 0.2) is 61.2 Å². The first-order valence-electron chi connectivity index (χ1n) is 7.96. The number of rotatable bonds is 5. The van der Waals surface area contributed by atoms with Crippen molar-refractivity contribution in [2.45, 2.75) is 6.36 Å². The number of nitrogens with zero attached hydrogens (tertiary/aromatic N) is 2. The molecule has 1 heterocycles. The predicted molar refractivity (Wildman–Crippen MR) is 97.2 cm³/mol. The average molecular weight is 391 g/mol. The Morgan fingerprint density at radius 2 is 1.75 bits per heavy atom. The lowest BCUT2D eigenvalue weighted by atomic mass is 10.0. The van der Waals surface area contributed by atoms with Crippen LogP contribution in [0, 0.1) is 0 Å². The Morgan fingerprint density at radius 3 is 2.36 bits per heavy atom. The smallest absolute Gasteiger partial charge is 0.496 e. The monoisotopic (exact) mass is 391 g/mol. The molecule has 3 aromatic rings. The third-order valence-corrected chi connectivity index (χ3v) is 3.68. The fraction of sp³-hybridized carbons (Fsp3) is 0.105. The van der Waals surface area contributed by atoms with Gasteiger partial charge in [-0.2, -0.15) is 0 Å². The molecule has 9 heteroatoms. The van der Waals surface area contributed by atoms with Gasteiger partial charge >= 0.3 is 6.36 Å². The first kappa shape index (κ1) is 19.2. The number of benzene rings is 2. The Morgan fingerprint density at radius 1 is 1.07 bits per heavy atom. The zero-order chi connectivity index (χ0) is 20.1. The van der Waals surface area contributed by atoms with E-state index in [-0.39, 0.29) is 7.18 Å². The Balaban J connectivity index is 0.00000300. The van der Waals surface area contributed by atoms with Crippen LogP contribution in [0.2, 0.25) is 0 Å². The number of anilines is 1. The summed E-state index contributed by atoms with van der Waals surface area (Å²) in [5.41, 5.74) is 1.95. The summed E-state index contributed by atoms with van der Waals surface area (Å²) in [6.45, 7) is 0. The summed E-state index contributed by atoms with van der Waals surface area (Å²) in [6, 6.07) is 9.69. The molecule has 0 aliphatic rings. The molecule has 0 spiro atoms. The number of amides is 1. The third kappa shape index (κ3) is 4.76. The maximum absolute atomic E-state index is 12.5. The van der Waals surface area contributed by atoms with E-state index >= 15 is 0 Å². The van der Waals surface area contributed by atoms with Crippen molar-refractivity contribution in [3.8, 4) is 22.6 Å². The molecule has 6 nitrogen and oxygen atoms in total. The number of alkyl halides is 3. The second-order valence-electron chi connectivity index (χ2n) is 5.57. The van der Waals surface area contributed by atoms with Crippen LogP contribution in [0.1, 0.15) is 11.8 Å². The normalized spacial score (nSPS) is 11.0. The lowest BCUT2D eigenvalue weighted by molar-refractivity contribution is -0.274. The van der Waals surface area contributed by atoms with Crippen molar-refractivity contribution in [1.82, 2.24) is 9.97 Å². The number of halogens is 3. The lowest BCUT2D eigenvalue weighted by Gasteiger charge is -2.12. The van der Waals surface area contributed by atoms with E-state index in [0.717, 1.165) is 12.1 Å². The molecular formula is C19H16F3N3O3. The molecule has 0 atom stereocenters. The van der Waals surface area contributed by atoms with Gasteiger partial charge in [-0.1, -0.05) is 0 Å². The predicted octanol–water partition coefficient (Wildman–Crippen LogP) is 4.55. The maximum Gasteiger partial charge on any atom is 0.573 e. The molecule has 0 saturated carbocycles. The molecule has 3 rings (SSSR count). The standard InChI is InChI=1S/C19H14F3N3O3.H2/c1-27-17-7-2-12(8-16(17)13-9-23-11-24-10-13)18(26)25-14-3-5-15(6-4-14)28-19(20,21)22;/h2-11H,1H3,(H,25,26);1H. The van der Waals surface area contributed by atoms with Crippen LogP contribution in [0.3, 0.4) is 0 Å². The molecule has 0 bridgehead atoms. The summed E-state index contributed by atoms with van der Waals surface area (Å²) in [5.74, 6) is -0.272. The van der Waals surface area contributed by atoms with Crippen LogP contribution in [-0.4, -0.2) is 29.3 Å². The zero-order valence-electron chi connectivity index (χ0n) is 14.5. The lowest BCUT2D eigenvalue weighted by Crippen LogP contribution is -2.17. The highest BCUT2D eigenvalue weighted by molar-refractivity contribution is 6.05. The molecule has 28 heavy (non-hydrogen) atoms. The SMILES string of the molecule is COc1ccc(C(=O)Nc2ccc(OC(F)(F)F)cc2)cc1-c1cncnc1.[HH]. The van der Waals surface area contributed by atoms with Crippen LogP contribution in [-0.2, 0) is 0 Å².